The molecule has 13 heavy (non-hydrogen) atoms. The molecule has 0 N–H and O–H groups in total. The van der Waals surface area contributed by atoms with Gasteiger partial charge in [-0.25, -0.2) is 15.0 Å². The first-order chi connectivity index (χ1) is 6.16. The molecular formula is C7H2Cl3N3. The van der Waals surface area contributed by atoms with Crippen LogP contribution in [0.3, 0.4) is 0 Å². The molecule has 0 radical (unpaired) electrons. The molecule has 0 saturated heterocycles. The van der Waals surface area contributed by atoms with E-state index < -0.39 is 0 Å². The minimum atomic E-state index is 0.0848. The lowest BCUT2D eigenvalue weighted by Crippen LogP contribution is -1.88. The van der Waals surface area contributed by atoms with Crippen LogP contribution in [0.4, 0.5) is 0 Å². The number of hydrogen-bond donors (Lipinski definition) is 0. The van der Waals surface area contributed by atoms with Crippen molar-refractivity contribution in [1.29, 1.82) is 0 Å². The summed E-state index contributed by atoms with van der Waals surface area (Å²) < 4.78 is 0. The summed E-state index contributed by atoms with van der Waals surface area (Å²) in [6.45, 7) is 0. The summed E-state index contributed by atoms with van der Waals surface area (Å²) >= 11 is 17.1. The minimum Gasteiger partial charge on any atom is -0.250 e. The number of hydrogen-bond acceptors (Lipinski definition) is 3. The lowest BCUT2D eigenvalue weighted by atomic mass is 10.4. The Hall–Kier alpha value is -0.640. The molecule has 2 rings (SSSR count). The molecule has 6 heteroatoms. The predicted octanol–water partition coefficient (Wildman–Crippen LogP) is 2.99. The molecule has 66 valence electrons. The van der Waals surface area contributed by atoms with Gasteiger partial charge in [-0.3, -0.25) is 0 Å². The summed E-state index contributed by atoms with van der Waals surface area (Å²) in [7, 11) is 0. The van der Waals surface area contributed by atoms with E-state index in [0.29, 0.717) is 16.1 Å². The van der Waals surface area contributed by atoms with Crippen LogP contribution in [0.1, 0.15) is 0 Å². The zero-order valence-corrected chi connectivity index (χ0v) is 8.40. The predicted molar refractivity (Wildman–Crippen MR) is 52.4 cm³/mol. The van der Waals surface area contributed by atoms with Crippen molar-refractivity contribution in [3.63, 3.8) is 0 Å². The van der Waals surface area contributed by atoms with E-state index in [-0.39, 0.29) is 10.4 Å². The van der Waals surface area contributed by atoms with E-state index in [2.05, 4.69) is 15.0 Å². The maximum atomic E-state index is 5.77. The fourth-order valence-electron chi connectivity index (χ4n) is 0.931. The van der Waals surface area contributed by atoms with Crippen LogP contribution in [0.5, 0.6) is 0 Å². The topological polar surface area (TPSA) is 38.7 Å². The van der Waals surface area contributed by atoms with Gasteiger partial charge in [0.05, 0.1) is 10.5 Å². The second-order valence-electron chi connectivity index (χ2n) is 2.30. The summed E-state index contributed by atoms with van der Waals surface area (Å²) in [5, 5.41) is 0.798. The summed E-state index contributed by atoms with van der Waals surface area (Å²) in [4.78, 5) is 11.6. The maximum Gasteiger partial charge on any atom is 0.224 e. The smallest absolute Gasteiger partial charge is 0.224 e. The molecule has 0 aliphatic heterocycles. The van der Waals surface area contributed by atoms with Crippen molar-refractivity contribution < 1.29 is 0 Å². The van der Waals surface area contributed by atoms with Crippen molar-refractivity contribution >= 4 is 45.8 Å². The number of halogens is 3. The Morgan fingerprint density at radius 1 is 1.08 bits per heavy atom. The highest BCUT2D eigenvalue weighted by molar-refractivity contribution is 6.36. The summed E-state index contributed by atoms with van der Waals surface area (Å²) in [6.07, 6.45) is 1.48. The van der Waals surface area contributed by atoms with Gasteiger partial charge in [0.25, 0.3) is 0 Å². The molecule has 3 nitrogen and oxygen atoms in total. The number of aromatic nitrogens is 3. The van der Waals surface area contributed by atoms with Crippen molar-refractivity contribution in [2.45, 2.75) is 0 Å². The highest BCUT2D eigenvalue weighted by Gasteiger charge is 2.05. The van der Waals surface area contributed by atoms with Crippen LogP contribution in [0.15, 0.2) is 12.3 Å². The summed E-state index contributed by atoms with van der Waals surface area (Å²) in [5.41, 5.74) is 1.04. The van der Waals surface area contributed by atoms with Crippen molar-refractivity contribution in [2.24, 2.45) is 0 Å². The fraction of sp³-hybridized carbons (Fsp3) is 0. The van der Waals surface area contributed by atoms with Gasteiger partial charge in [0, 0.05) is 6.20 Å². The zero-order chi connectivity index (χ0) is 9.42. The minimum absolute atomic E-state index is 0.0848. The Morgan fingerprint density at radius 3 is 2.62 bits per heavy atom. The van der Waals surface area contributed by atoms with Gasteiger partial charge < -0.3 is 0 Å². The van der Waals surface area contributed by atoms with Crippen molar-refractivity contribution in [1.82, 2.24) is 15.0 Å². The van der Waals surface area contributed by atoms with Gasteiger partial charge in [0.2, 0.25) is 5.28 Å². The van der Waals surface area contributed by atoms with Crippen LogP contribution < -0.4 is 0 Å². The lowest BCUT2D eigenvalue weighted by Gasteiger charge is -1.98. The molecular weight excluding hydrogens is 232 g/mol. The molecule has 2 heterocycles. The molecule has 2 aromatic rings. The van der Waals surface area contributed by atoms with Crippen LogP contribution in [-0.2, 0) is 0 Å². The molecule has 0 aliphatic carbocycles. The van der Waals surface area contributed by atoms with Gasteiger partial charge >= 0.3 is 0 Å². The number of pyridine rings is 1. The SMILES string of the molecule is Clc1cnc2c(Cl)nc(Cl)nc2c1. The second-order valence-corrected chi connectivity index (χ2v) is 3.44. The third-order valence-corrected chi connectivity index (χ3v) is 2.07. The first-order valence-electron chi connectivity index (χ1n) is 3.31. The maximum absolute atomic E-state index is 5.77. The van der Waals surface area contributed by atoms with Crippen molar-refractivity contribution in [3.05, 3.63) is 27.7 Å². The molecule has 0 fully saturated rings. The summed E-state index contributed by atoms with van der Waals surface area (Å²) in [5.74, 6) is 0. The normalized spacial score (nSPS) is 10.7. The highest BCUT2D eigenvalue weighted by atomic mass is 35.5. The Labute approximate surface area is 88.7 Å². The third-order valence-electron chi connectivity index (χ3n) is 1.43. The van der Waals surface area contributed by atoms with Gasteiger partial charge in [-0.2, -0.15) is 0 Å². The Balaban J connectivity index is 2.86. The third kappa shape index (κ3) is 1.68. The van der Waals surface area contributed by atoms with Crippen LogP contribution in [0.25, 0.3) is 11.0 Å². The van der Waals surface area contributed by atoms with Gasteiger partial charge in [0.1, 0.15) is 5.52 Å². The van der Waals surface area contributed by atoms with Gasteiger partial charge in [-0.15, -0.1) is 0 Å². The van der Waals surface area contributed by atoms with E-state index in [1.807, 2.05) is 0 Å². The Bertz CT molecular complexity index is 466. The molecule has 2 aromatic heterocycles. The quantitative estimate of drug-likeness (QED) is 0.519. The monoisotopic (exact) mass is 233 g/mol. The summed E-state index contributed by atoms with van der Waals surface area (Å²) in [6, 6.07) is 1.63. The molecule has 0 unspecified atom stereocenters. The van der Waals surface area contributed by atoms with Crippen molar-refractivity contribution in [3.8, 4) is 0 Å². The van der Waals surface area contributed by atoms with Crippen LogP contribution in [0, 0.1) is 0 Å². The van der Waals surface area contributed by atoms with Gasteiger partial charge in [-0.1, -0.05) is 23.2 Å². The van der Waals surface area contributed by atoms with E-state index in [1.165, 1.54) is 6.20 Å². The first-order valence-corrected chi connectivity index (χ1v) is 4.44. The molecule has 0 aromatic carbocycles. The van der Waals surface area contributed by atoms with E-state index in [9.17, 15) is 0 Å². The number of nitrogens with zero attached hydrogens (tertiary/aromatic N) is 3. The standard InChI is InChI=1S/C7H2Cl3N3/c8-3-1-4-5(11-2-3)6(9)13-7(10)12-4/h1-2H. The zero-order valence-electron chi connectivity index (χ0n) is 6.13. The molecule has 0 spiro atoms. The van der Waals surface area contributed by atoms with Crippen LogP contribution >= 0.6 is 34.8 Å². The van der Waals surface area contributed by atoms with E-state index in [1.54, 1.807) is 6.07 Å². The number of fused-ring (bicyclic) bond motifs is 1. The fourth-order valence-corrected chi connectivity index (χ4v) is 1.53. The van der Waals surface area contributed by atoms with Gasteiger partial charge in [0.15, 0.2) is 5.15 Å². The largest absolute Gasteiger partial charge is 0.250 e. The molecule has 0 bridgehead atoms. The molecule has 0 amide bonds. The molecule has 0 atom stereocenters. The average Bonchev–Trinajstić information content (AvgIpc) is 2.02. The molecule has 0 aliphatic rings. The highest BCUT2D eigenvalue weighted by Crippen LogP contribution is 2.21. The van der Waals surface area contributed by atoms with Crippen LogP contribution in [-0.4, -0.2) is 15.0 Å². The van der Waals surface area contributed by atoms with E-state index in [4.69, 9.17) is 34.8 Å². The molecule has 0 saturated carbocycles. The van der Waals surface area contributed by atoms with E-state index >= 15 is 0 Å². The lowest BCUT2D eigenvalue weighted by molar-refractivity contribution is 1.20. The second kappa shape index (κ2) is 3.25. The van der Waals surface area contributed by atoms with Crippen LogP contribution in [0.2, 0.25) is 15.5 Å². The van der Waals surface area contributed by atoms with Gasteiger partial charge in [-0.05, 0) is 17.7 Å². The number of rotatable bonds is 0. The first kappa shape index (κ1) is 8.94. The Kier molecular flexibility index (Phi) is 2.24. The average molecular weight is 234 g/mol. The van der Waals surface area contributed by atoms with Crippen molar-refractivity contribution in [2.75, 3.05) is 0 Å². The Morgan fingerprint density at radius 2 is 1.85 bits per heavy atom. The van der Waals surface area contributed by atoms with E-state index in [0.717, 1.165) is 0 Å².